The number of hydrogen-bond acceptors (Lipinski definition) is 6. The summed E-state index contributed by atoms with van der Waals surface area (Å²) in [6.45, 7) is 1.86. The summed E-state index contributed by atoms with van der Waals surface area (Å²) in [4.78, 5) is 11.1. The van der Waals surface area contributed by atoms with Crippen LogP contribution in [0.1, 0.15) is 19.8 Å². The predicted octanol–water partition coefficient (Wildman–Crippen LogP) is -0.0535. The Bertz CT molecular complexity index is 540. The average Bonchev–Trinajstić information content (AvgIpc) is 2.58. The number of aliphatic carboxylic acids is 1. The summed E-state index contributed by atoms with van der Waals surface area (Å²) in [6.07, 6.45) is 2.00. The molecule has 19 heavy (non-hydrogen) atoms. The van der Waals surface area contributed by atoms with Gasteiger partial charge in [0.05, 0.1) is 5.37 Å². The molecule has 0 amide bonds. The van der Waals surface area contributed by atoms with Crippen LogP contribution in [0.2, 0.25) is 0 Å². The highest BCUT2D eigenvalue weighted by Crippen LogP contribution is 2.35. The fourth-order valence-electron chi connectivity index (χ4n) is 1.89. The monoisotopic (exact) mass is 331 g/mol. The molecular formula is C9H17NO6S3. The molecule has 1 N–H and O–H groups in total. The average molecular weight is 331 g/mol. The van der Waals surface area contributed by atoms with Gasteiger partial charge in [-0.3, -0.25) is 4.79 Å². The predicted molar refractivity (Wildman–Crippen MR) is 73.0 cm³/mol. The second-order valence-corrected chi connectivity index (χ2v) is 10.0. The minimum Gasteiger partial charge on any atom is -0.480 e. The van der Waals surface area contributed by atoms with Crippen molar-refractivity contribution in [1.82, 2.24) is 4.31 Å². The second-order valence-electron chi connectivity index (χ2n) is 4.42. The molecule has 1 saturated heterocycles. The quantitative estimate of drug-likeness (QED) is 0.726. The van der Waals surface area contributed by atoms with Crippen molar-refractivity contribution in [3.05, 3.63) is 0 Å². The van der Waals surface area contributed by atoms with Crippen LogP contribution in [0.4, 0.5) is 0 Å². The van der Waals surface area contributed by atoms with Crippen LogP contribution in [0, 0.1) is 0 Å². The minimum atomic E-state index is -4.14. The van der Waals surface area contributed by atoms with Gasteiger partial charge in [-0.05, 0) is 6.42 Å². The number of nitrogens with zero attached hydrogens (tertiary/aromatic N) is 1. The number of hydrogen-bond donors (Lipinski definition) is 1. The van der Waals surface area contributed by atoms with Gasteiger partial charge in [0.25, 0.3) is 0 Å². The number of sulfonamides is 1. The Morgan fingerprint density at radius 1 is 1.37 bits per heavy atom. The van der Waals surface area contributed by atoms with Gasteiger partial charge in [0.2, 0.25) is 10.0 Å². The first kappa shape index (κ1) is 16.7. The van der Waals surface area contributed by atoms with Crippen molar-refractivity contribution < 1.29 is 26.7 Å². The molecule has 10 heteroatoms. The fourth-order valence-corrected chi connectivity index (χ4v) is 7.63. The minimum absolute atomic E-state index is 0.142. The molecule has 0 aromatic heterocycles. The zero-order valence-corrected chi connectivity index (χ0v) is 13.1. The Hall–Kier alpha value is -0.320. The third-order valence-electron chi connectivity index (χ3n) is 2.54. The van der Waals surface area contributed by atoms with Gasteiger partial charge in [0.1, 0.15) is 6.04 Å². The van der Waals surface area contributed by atoms with Crippen LogP contribution in [0.15, 0.2) is 0 Å². The van der Waals surface area contributed by atoms with Crippen molar-refractivity contribution in [3.63, 3.8) is 0 Å². The summed E-state index contributed by atoms with van der Waals surface area (Å²) in [5.41, 5.74) is 0. The lowest BCUT2D eigenvalue weighted by atomic mass is 10.3. The molecule has 0 aromatic rings. The first-order valence-electron chi connectivity index (χ1n) is 5.62. The number of thioether (sulfide) groups is 1. The van der Waals surface area contributed by atoms with Crippen LogP contribution in [-0.4, -0.2) is 60.7 Å². The Balaban J connectivity index is 3.11. The molecule has 1 heterocycles. The number of rotatable bonds is 6. The lowest BCUT2D eigenvalue weighted by Crippen LogP contribution is -2.47. The number of carboxylic acid groups (broad SMARTS) is 1. The molecule has 0 bridgehead atoms. The molecule has 1 fully saturated rings. The Morgan fingerprint density at radius 2 is 1.95 bits per heavy atom. The topological polar surface area (TPSA) is 109 Å². The fraction of sp³-hybridized carbons (Fsp3) is 0.889. The number of carbonyl (C=O) groups is 1. The Morgan fingerprint density at radius 3 is 2.37 bits per heavy atom. The third kappa shape index (κ3) is 4.33. The van der Waals surface area contributed by atoms with Crippen LogP contribution in [-0.2, 0) is 24.7 Å². The molecule has 2 unspecified atom stereocenters. The zero-order chi connectivity index (χ0) is 14.8. The molecule has 2 atom stereocenters. The van der Waals surface area contributed by atoms with Crippen LogP contribution in [0.5, 0.6) is 0 Å². The maximum Gasteiger partial charge on any atom is 0.322 e. The van der Waals surface area contributed by atoms with Gasteiger partial charge in [-0.2, -0.15) is 4.31 Å². The largest absolute Gasteiger partial charge is 0.480 e. The molecule has 0 radical (unpaired) electrons. The number of sulfone groups is 1. The lowest BCUT2D eigenvalue weighted by molar-refractivity contribution is -0.140. The van der Waals surface area contributed by atoms with Crippen molar-refractivity contribution in [3.8, 4) is 0 Å². The van der Waals surface area contributed by atoms with E-state index in [0.717, 1.165) is 10.6 Å². The van der Waals surface area contributed by atoms with Crippen molar-refractivity contribution >= 4 is 37.6 Å². The molecule has 0 saturated carbocycles. The van der Waals surface area contributed by atoms with E-state index in [1.165, 1.54) is 11.8 Å². The highest BCUT2D eigenvalue weighted by molar-refractivity contribution is 8.07. The van der Waals surface area contributed by atoms with Gasteiger partial charge in [-0.1, -0.05) is 13.3 Å². The van der Waals surface area contributed by atoms with Crippen molar-refractivity contribution in [2.75, 3.05) is 17.1 Å². The smallest absolute Gasteiger partial charge is 0.322 e. The van der Waals surface area contributed by atoms with Crippen molar-refractivity contribution in [2.24, 2.45) is 0 Å². The van der Waals surface area contributed by atoms with Crippen molar-refractivity contribution in [2.45, 2.75) is 31.2 Å². The summed E-state index contributed by atoms with van der Waals surface area (Å²) in [7, 11) is -7.88. The molecular weight excluding hydrogens is 314 g/mol. The van der Waals surface area contributed by atoms with E-state index in [9.17, 15) is 21.6 Å². The van der Waals surface area contributed by atoms with Crippen LogP contribution < -0.4 is 0 Å². The van der Waals surface area contributed by atoms with E-state index in [4.69, 9.17) is 5.11 Å². The third-order valence-corrected chi connectivity index (χ3v) is 8.09. The van der Waals surface area contributed by atoms with E-state index in [-0.39, 0.29) is 5.75 Å². The van der Waals surface area contributed by atoms with Gasteiger partial charge in [0.15, 0.2) is 14.9 Å². The van der Waals surface area contributed by atoms with Gasteiger partial charge in [0, 0.05) is 12.0 Å². The maximum absolute atomic E-state index is 12.1. The zero-order valence-electron chi connectivity index (χ0n) is 10.6. The summed E-state index contributed by atoms with van der Waals surface area (Å²) in [6, 6.07) is -1.19. The van der Waals surface area contributed by atoms with E-state index in [1.54, 1.807) is 0 Å². The molecule has 1 aliphatic heterocycles. The molecule has 0 spiro atoms. The summed E-state index contributed by atoms with van der Waals surface area (Å²) >= 11 is 1.24. The van der Waals surface area contributed by atoms with E-state index >= 15 is 0 Å². The first-order chi connectivity index (χ1) is 8.58. The molecule has 1 rings (SSSR count). The number of carboxylic acids is 1. The van der Waals surface area contributed by atoms with E-state index in [2.05, 4.69) is 0 Å². The lowest BCUT2D eigenvalue weighted by Gasteiger charge is -2.25. The highest BCUT2D eigenvalue weighted by Gasteiger charge is 2.46. The van der Waals surface area contributed by atoms with Gasteiger partial charge in [-0.25, -0.2) is 16.8 Å². The van der Waals surface area contributed by atoms with Crippen molar-refractivity contribution in [1.29, 1.82) is 0 Å². The standard InChI is InChI=1S/C9H17NO6S3/c1-3-4-8-10(7(5-17-8)9(11)12)19(15,16)6-18(2,13)14/h7-8H,3-6H2,1-2H3,(H,11,12). The normalized spacial score (nSPS) is 25.6. The maximum atomic E-state index is 12.1. The molecule has 1 aliphatic rings. The first-order valence-corrected chi connectivity index (χ1v) is 10.3. The molecule has 0 aromatic carbocycles. The van der Waals surface area contributed by atoms with Crippen LogP contribution >= 0.6 is 11.8 Å². The summed E-state index contributed by atoms with van der Waals surface area (Å²) in [5, 5.41) is 7.51. The van der Waals surface area contributed by atoms with Gasteiger partial charge < -0.3 is 5.11 Å². The molecule has 112 valence electrons. The second kappa shape index (κ2) is 5.98. The van der Waals surface area contributed by atoms with Crippen LogP contribution in [0.3, 0.4) is 0 Å². The summed E-state index contributed by atoms with van der Waals surface area (Å²) < 4.78 is 47.5. The Labute approximate surface area is 117 Å². The Kier molecular flexibility index (Phi) is 5.27. The van der Waals surface area contributed by atoms with E-state index in [0.29, 0.717) is 12.8 Å². The SMILES string of the molecule is CCCC1SCC(C(=O)O)N1S(=O)(=O)CS(C)(=O)=O. The van der Waals surface area contributed by atoms with E-state index in [1.807, 2.05) is 6.92 Å². The summed E-state index contributed by atoms with van der Waals surface area (Å²) in [5.74, 6) is -1.11. The highest BCUT2D eigenvalue weighted by atomic mass is 32.3. The van der Waals surface area contributed by atoms with Gasteiger partial charge >= 0.3 is 5.97 Å². The van der Waals surface area contributed by atoms with Gasteiger partial charge in [-0.15, -0.1) is 11.8 Å². The van der Waals surface area contributed by atoms with Crippen LogP contribution in [0.25, 0.3) is 0 Å². The molecule has 7 nitrogen and oxygen atoms in total. The van der Waals surface area contributed by atoms with E-state index < -0.39 is 42.3 Å². The molecule has 0 aliphatic carbocycles.